The van der Waals surface area contributed by atoms with Crippen LogP contribution in [0.2, 0.25) is 0 Å². The molecule has 0 atom stereocenters. The van der Waals surface area contributed by atoms with Crippen LogP contribution in [0.3, 0.4) is 0 Å². The van der Waals surface area contributed by atoms with Gasteiger partial charge in [-0.1, -0.05) is 0 Å². The van der Waals surface area contributed by atoms with Crippen LogP contribution in [0.5, 0.6) is 0 Å². The summed E-state index contributed by atoms with van der Waals surface area (Å²) in [5.74, 6) is 0.579. The van der Waals surface area contributed by atoms with E-state index < -0.39 is 0 Å². The Hall–Kier alpha value is -2.11. The molecule has 0 aliphatic carbocycles. The topological polar surface area (TPSA) is 78.7 Å². The third kappa shape index (κ3) is 2.06. The van der Waals surface area contributed by atoms with Gasteiger partial charge in [0.25, 0.3) is 5.56 Å². The zero-order valence-electron chi connectivity index (χ0n) is 10.1. The number of nitrogens with two attached hydrogens (primary N) is 1. The van der Waals surface area contributed by atoms with E-state index in [1.165, 1.54) is 17.0 Å². The first-order valence-electron chi connectivity index (χ1n) is 5.30. The Bertz CT molecular complexity index is 611. The second kappa shape index (κ2) is 4.04. The summed E-state index contributed by atoms with van der Waals surface area (Å²) in [6.45, 7) is 4.06. The van der Waals surface area contributed by atoms with Crippen LogP contribution < -0.4 is 11.3 Å². The van der Waals surface area contributed by atoms with Crippen LogP contribution in [-0.2, 0) is 13.6 Å². The standard InChI is InChI=1S/C11H15N5O/c1-7-4-10(17)16(6-13-7)5-9-8(2)14-15(3)11(9)12/h4,6H,5,12H2,1-3H3. The van der Waals surface area contributed by atoms with Gasteiger partial charge < -0.3 is 5.73 Å². The van der Waals surface area contributed by atoms with Crippen LogP contribution in [0, 0.1) is 13.8 Å². The van der Waals surface area contributed by atoms with Crippen molar-refractivity contribution in [1.82, 2.24) is 19.3 Å². The third-order valence-electron chi connectivity index (χ3n) is 2.74. The molecular weight excluding hydrogens is 218 g/mol. The van der Waals surface area contributed by atoms with Crippen LogP contribution in [0.1, 0.15) is 17.0 Å². The number of aromatic nitrogens is 4. The SMILES string of the molecule is Cc1cc(=O)n(Cc2c(C)nn(C)c2N)cn1. The summed E-state index contributed by atoms with van der Waals surface area (Å²) in [5, 5.41) is 4.21. The molecule has 0 fully saturated rings. The maximum absolute atomic E-state index is 11.7. The summed E-state index contributed by atoms with van der Waals surface area (Å²) in [6, 6.07) is 1.50. The van der Waals surface area contributed by atoms with E-state index in [0.29, 0.717) is 18.1 Å². The number of nitrogen functional groups attached to an aromatic ring is 1. The summed E-state index contributed by atoms with van der Waals surface area (Å²) >= 11 is 0. The van der Waals surface area contributed by atoms with Crippen LogP contribution in [0.4, 0.5) is 5.82 Å². The summed E-state index contributed by atoms with van der Waals surface area (Å²) in [7, 11) is 1.78. The maximum atomic E-state index is 11.7. The average molecular weight is 233 g/mol. The molecular formula is C11H15N5O. The lowest BCUT2D eigenvalue weighted by Gasteiger charge is -2.05. The van der Waals surface area contributed by atoms with Gasteiger partial charge >= 0.3 is 0 Å². The molecule has 0 aliphatic heterocycles. The predicted octanol–water partition coefficient (Wildman–Crippen LogP) is 0.224. The monoisotopic (exact) mass is 233 g/mol. The first-order valence-corrected chi connectivity index (χ1v) is 5.30. The van der Waals surface area contributed by atoms with E-state index in [4.69, 9.17) is 5.73 Å². The van der Waals surface area contributed by atoms with Crippen molar-refractivity contribution in [2.75, 3.05) is 5.73 Å². The largest absolute Gasteiger partial charge is 0.384 e. The van der Waals surface area contributed by atoms with Gasteiger partial charge in [-0.15, -0.1) is 0 Å². The molecule has 0 amide bonds. The van der Waals surface area contributed by atoms with E-state index >= 15 is 0 Å². The zero-order chi connectivity index (χ0) is 12.6. The lowest BCUT2D eigenvalue weighted by molar-refractivity contribution is 0.728. The molecule has 0 aromatic carbocycles. The first kappa shape index (κ1) is 11.4. The molecule has 2 aromatic heterocycles. The van der Waals surface area contributed by atoms with E-state index in [9.17, 15) is 4.79 Å². The van der Waals surface area contributed by atoms with Gasteiger partial charge in [-0.2, -0.15) is 5.10 Å². The highest BCUT2D eigenvalue weighted by atomic mass is 16.1. The molecule has 0 spiro atoms. The molecule has 90 valence electrons. The number of anilines is 1. The lowest BCUT2D eigenvalue weighted by Crippen LogP contribution is -2.21. The first-order chi connectivity index (χ1) is 7.99. The molecule has 2 N–H and O–H groups in total. The molecule has 6 nitrogen and oxygen atoms in total. The highest BCUT2D eigenvalue weighted by Gasteiger charge is 2.11. The molecule has 17 heavy (non-hydrogen) atoms. The minimum absolute atomic E-state index is 0.0832. The Labute approximate surface area is 98.7 Å². The Balaban J connectivity index is 2.41. The van der Waals surface area contributed by atoms with Gasteiger partial charge in [-0.3, -0.25) is 14.0 Å². The normalized spacial score (nSPS) is 10.8. The molecule has 0 radical (unpaired) electrons. The van der Waals surface area contributed by atoms with Crippen molar-refractivity contribution >= 4 is 5.82 Å². The smallest absolute Gasteiger partial charge is 0.253 e. The van der Waals surface area contributed by atoms with Gasteiger partial charge in [-0.05, 0) is 13.8 Å². The Kier molecular flexibility index (Phi) is 2.71. The minimum atomic E-state index is -0.0832. The summed E-state index contributed by atoms with van der Waals surface area (Å²) in [4.78, 5) is 15.8. The fourth-order valence-corrected chi connectivity index (χ4v) is 1.72. The Morgan fingerprint density at radius 3 is 2.65 bits per heavy atom. The highest BCUT2D eigenvalue weighted by Crippen LogP contribution is 2.15. The number of hydrogen-bond donors (Lipinski definition) is 1. The molecule has 2 aromatic rings. The van der Waals surface area contributed by atoms with Crippen LogP contribution >= 0.6 is 0 Å². The van der Waals surface area contributed by atoms with Crippen molar-refractivity contribution in [2.24, 2.45) is 7.05 Å². The van der Waals surface area contributed by atoms with Crippen LogP contribution in [0.25, 0.3) is 0 Å². The van der Waals surface area contributed by atoms with Crippen molar-refractivity contribution < 1.29 is 0 Å². The molecule has 0 saturated heterocycles. The molecule has 2 rings (SSSR count). The molecule has 2 heterocycles. The zero-order valence-corrected chi connectivity index (χ0v) is 10.1. The second-order valence-electron chi connectivity index (χ2n) is 4.07. The molecule has 6 heteroatoms. The number of hydrogen-bond acceptors (Lipinski definition) is 4. The molecule has 0 bridgehead atoms. The third-order valence-corrected chi connectivity index (χ3v) is 2.74. The van der Waals surface area contributed by atoms with Crippen molar-refractivity contribution in [1.29, 1.82) is 0 Å². The average Bonchev–Trinajstić information content (AvgIpc) is 2.48. The molecule has 0 unspecified atom stereocenters. The van der Waals surface area contributed by atoms with Crippen molar-refractivity contribution in [3.63, 3.8) is 0 Å². The van der Waals surface area contributed by atoms with E-state index in [1.807, 2.05) is 6.92 Å². The van der Waals surface area contributed by atoms with Crippen molar-refractivity contribution in [3.05, 3.63) is 39.7 Å². The van der Waals surface area contributed by atoms with E-state index in [-0.39, 0.29) is 5.56 Å². The van der Waals surface area contributed by atoms with E-state index in [1.54, 1.807) is 18.7 Å². The Morgan fingerprint density at radius 2 is 2.12 bits per heavy atom. The van der Waals surface area contributed by atoms with Gasteiger partial charge in [0.05, 0.1) is 18.6 Å². The quantitative estimate of drug-likeness (QED) is 0.805. The fraction of sp³-hybridized carbons (Fsp3) is 0.364. The molecule has 0 saturated carbocycles. The fourth-order valence-electron chi connectivity index (χ4n) is 1.72. The van der Waals surface area contributed by atoms with Gasteiger partial charge in [-0.25, -0.2) is 4.98 Å². The highest BCUT2D eigenvalue weighted by molar-refractivity contribution is 5.42. The van der Waals surface area contributed by atoms with Gasteiger partial charge in [0.15, 0.2) is 0 Å². The summed E-state index contributed by atoms with van der Waals surface area (Å²) in [5.41, 5.74) is 8.22. The summed E-state index contributed by atoms with van der Waals surface area (Å²) in [6.07, 6.45) is 1.53. The van der Waals surface area contributed by atoms with Crippen LogP contribution in [0.15, 0.2) is 17.2 Å². The van der Waals surface area contributed by atoms with Crippen molar-refractivity contribution in [3.8, 4) is 0 Å². The minimum Gasteiger partial charge on any atom is -0.384 e. The van der Waals surface area contributed by atoms with Gasteiger partial charge in [0.2, 0.25) is 0 Å². The number of nitrogens with zero attached hydrogens (tertiary/aromatic N) is 4. The summed E-state index contributed by atoms with van der Waals surface area (Å²) < 4.78 is 3.13. The molecule has 0 aliphatic rings. The van der Waals surface area contributed by atoms with E-state index in [2.05, 4.69) is 10.1 Å². The number of aryl methyl sites for hydroxylation is 3. The Morgan fingerprint density at radius 1 is 1.41 bits per heavy atom. The van der Waals surface area contributed by atoms with E-state index in [0.717, 1.165) is 11.3 Å². The maximum Gasteiger partial charge on any atom is 0.253 e. The number of rotatable bonds is 2. The predicted molar refractivity (Wildman–Crippen MR) is 64.7 cm³/mol. The second-order valence-corrected chi connectivity index (χ2v) is 4.07. The van der Waals surface area contributed by atoms with Gasteiger partial charge in [0.1, 0.15) is 5.82 Å². The lowest BCUT2D eigenvalue weighted by atomic mass is 10.2. The van der Waals surface area contributed by atoms with Gasteiger partial charge in [0, 0.05) is 24.4 Å². The van der Waals surface area contributed by atoms with Crippen molar-refractivity contribution in [2.45, 2.75) is 20.4 Å². The van der Waals surface area contributed by atoms with Crippen LogP contribution in [-0.4, -0.2) is 19.3 Å².